The first kappa shape index (κ1) is 14.9. The van der Waals surface area contributed by atoms with E-state index in [1.165, 1.54) is 0 Å². The molecule has 2 rings (SSSR count). The van der Waals surface area contributed by atoms with Crippen LogP contribution in [0.2, 0.25) is 0 Å². The van der Waals surface area contributed by atoms with E-state index in [9.17, 15) is 15.0 Å². The van der Waals surface area contributed by atoms with Gasteiger partial charge in [0.2, 0.25) is 5.91 Å². The van der Waals surface area contributed by atoms with E-state index >= 15 is 0 Å². The number of aliphatic hydroxyl groups excluding tert-OH is 1. The molecule has 1 aliphatic heterocycles. The van der Waals surface area contributed by atoms with Gasteiger partial charge in [-0.2, -0.15) is 0 Å². The van der Waals surface area contributed by atoms with Gasteiger partial charge in [0, 0.05) is 19.7 Å². The van der Waals surface area contributed by atoms with Gasteiger partial charge in [0.25, 0.3) is 0 Å². The van der Waals surface area contributed by atoms with Gasteiger partial charge in [-0.25, -0.2) is 0 Å². The Balaban J connectivity index is 1.90. The number of hydrogen-bond acceptors (Lipinski definition) is 3. The van der Waals surface area contributed by atoms with Crippen molar-refractivity contribution in [3.8, 4) is 5.75 Å². The third-order valence-corrected chi connectivity index (χ3v) is 4.55. The van der Waals surface area contributed by atoms with Gasteiger partial charge < -0.3 is 15.1 Å². The minimum atomic E-state index is 0.00924. The van der Waals surface area contributed by atoms with Crippen molar-refractivity contribution in [1.82, 2.24) is 4.90 Å². The normalized spacial score (nSPS) is 18.0. The molecule has 1 aliphatic rings. The molecule has 0 atom stereocenters. The summed E-state index contributed by atoms with van der Waals surface area (Å²) in [4.78, 5) is 14.1. The molecule has 0 spiro atoms. The predicted octanol–water partition coefficient (Wildman–Crippen LogP) is 1.95. The maximum Gasteiger partial charge on any atom is 0.226 e. The number of phenols is 1. The summed E-state index contributed by atoms with van der Waals surface area (Å²) in [5.41, 5.74) is 0.928. The quantitative estimate of drug-likeness (QED) is 0.884. The lowest BCUT2D eigenvalue weighted by Gasteiger charge is -2.40. The lowest BCUT2D eigenvalue weighted by Crippen LogP contribution is -2.44. The van der Waals surface area contributed by atoms with Gasteiger partial charge in [0.05, 0.1) is 6.42 Å². The van der Waals surface area contributed by atoms with Crippen LogP contribution in [0.5, 0.6) is 5.75 Å². The molecule has 4 nitrogen and oxygen atoms in total. The number of nitrogens with zero attached hydrogens (tertiary/aromatic N) is 1. The first-order valence-corrected chi connectivity index (χ1v) is 7.25. The molecule has 0 unspecified atom stereocenters. The summed E-state index contributed by atoms with van der Waals surface area (Å²) in [6.07, 6.45) is 3.09. The monoisotopic (exact) mass is 277 g/mol. The molecule has 0 aliphatic carbocycles. The molecule has 1 saturated heterocycles. The molecule has 1 aromatic carbocycles. The lowest BCUT2D eigenvalue weighted by molar-refractivity contribution is -0.133. The zero-order valence-electron chi connectivity index (χ0n) is 12.0. The van der Waals surface area contributed by atoms with Crippen LogP contribution in [0.1, 0.15) is 31.7 Å². The van der Waals surface area contributed by atoms with E-state index in [1.54, 1.807) is 24.3 Å². The number of piperidine rings is 1. The molecular formula is C16H23NO3. The first-order valence-electron chi connectivity index (χ1n) is 7.25. The average molecular weight is 277 g/mol. The van der Waals surface area contributed by atoms with Crippen LogP contribution in [0.15, 0.2) is 24.3 Å². The molecule has 2 N–H and O–H groups in total. The fourth-order valence-electron chi connectivity index (χ4n) is 2.75. The molecule has 1 amide bonds. The average Bonchev–Trinajstić information content (AvgIpc) is 2.49. The number of phenolic OH excluding ortho intramolecular Hbond substituents is 1. The number of amides is 1. The maximum atomic E-state index is 12.2. The molecule has 110 valence electrons. The Hall–Kier alpha value is -1.55. The highest BCUT2D eigenvalue weighted by Crippen LogP contribution is 2.34. The highest BCUT2D eigenvalue weighted by Gasteiger charge is 2.33. The Morgan fingerprint density at radius 2 is 1.85 bits per heavy atom. The van der Waals surface area contributed by atoms with Crippen LogP contribution in [0.3, 0.4) is 0 Å². The van der Waals surface area contributed by atoms with Crippen LogP contribution in [0, 0.1) is 5.41 Å². The summed E-state index contributed by atoms with van der Waals surface area (Å²) in [5.74, 6) is 0.341. The smallest absolute Gasteiger partial charge is 0.226 e. The summed E-state index contributed by atoms with van der Waals surface area (Å²) in [7, 11) is 0. The van der Waals surface area contributed by atoms with E-state index in [0.29, 0.717) is 6.42 Å². The molecule has 1 aromatic rings. The van der Waals surface area contributed by atoms with Gasteiger partial charge in [-0.05, 0) is 42.4 Å². The topological polar surface area (TPSA) is 60.8 Å². The number of aromatic hydroxyl groups is 1. The van der Waals surface area contributed by atoms with Crippen molar-refractivity contribution in [2.45, 2.75) is 32.6 Å². The van der Waals surface area contributed by atoms with Crippen LogP contribution in [0.4, 0.5) is 0 Å². The third kappa shape index (κ3) is 3.31. The fourth-order valence-corrected chi connectivity index (χ4v) is 2.75. The number of carbonyl (C=O) groups is 1. The number of hydrogen-bond donors (Lipinski definition) is 2. The minimum absolute atomic E-state index is 0.00924. The van der Waals surface area contributed by atoms with Crippen LogP contribution < -0.4 is 0 Å². The second kappa shape index (κ2) is 6.27. The fraction of sp³-hybridized carbons (Fsp3) is 0.562. The second-order valence-corrected chi connectivity index (χ2v) is 5.74. The first-order chi connectivity index (χ1) is 9.58. The lowest BCUT2D eigenvalue weighted by atomic mass is 9.77. The molecular weight excluding hydrogens is 254 g/mol. The van der Waals surface area contributed by atoms with E-state index in [4.69, 9.17) is 0 Å². The Bertz CT molecular complexity index is 441. The van der Waals surface area contributed by atoms with Gasteiger partial charge in [0.15, 0.2) is 0 Å². The van der Waals surface area contributed by atoms with Crippen LogP contribution >= 0.6 is 0 Å². The second-order valence-electron chi connectivity index (χ2n) is 5.74. The summed E-state index contributed by atoms with van der Waals surface area (Å²) in [5, 5.41) is 18.7. The summed E-state index contributed by atoms with van der Waals surface area (Å²) < 4.78 is 0. The van der Waals surface area contributed by atoms with Gasteiger partial charge >= 0.3 is 0 Å². The Labute approximate surface area is 120 Å². The molecule has 1 fully saturated rings. The van der Waals surface area contributed by atoms with E-state index < -0.39 is 0 Å². The highest BCUT2D eigenvalue weighted by molar-refractivity contribution is 5.78. The van der Waals surface area contributed by atoms with Crippen molar-refractivity contribution in [3.05, 3.63) is 29.8 Å². The van der Waals surface area contributed by atoms with Crippen molar-refractivity contribution >= 4 is 5.91 Å². The van der Waals surface area contributed by atoms with Crippen LogP contribution in [-0.2, 0) is 11.2 Å². The summed E-state index contributed by atoms with van der Waals surface area (Å²) in [6, 6.07) is 6.77. The van der Waals surface area contributed by atoms with E-state index in [2.05, 4.69) is 6.92 Å². The summed E-state index contributed by atoms with van der Waals surface area (Å²) >= 11 is 0. The van der Waals surface area contributed by atoms with Gasteiger partial charge in [-0.15, -0.1) is 0 Å². The highest BCUT2D eigenvalue weighted by atomic mass is 16.3. The van der Waals surface area contributed by atoms with Gasteiger partial charge in [0.1, 0.15) is 5.75 Å². The van der Waals surface area contributed by atoms with E-state index in [0.717, 1.165) is 37.9 Å². The Morgan fingerprint density at radius 3 is 2.35 bits per heavy atom. The van der Waals surface area contributed by atoms with Gasteiger partial charge in [-0.1, -0.05) is 19.1 Å². The molecule has 20 heavy (non-hydrogen) atoms. The molecule has 1 heterocycles. The van der Waals surface area contributed by atoms with E-state index in [-0.39, 0.29) is 23.7 Å². The molecule has 0 radical (unpaired) electrons. The Kier molecular flexibility index (Phi) is 4.65. The van der Waals surface area contributed by atoms with Crippen molar-refractivity contribution in [3.63, 3.8) is 0 Å². The van der Waals surface area contributed by atoms with Crippen molar-refractivity contribution in [2.75, 3.05) is 19.7 Å². The number of rotatable bonds is 4. The molecule has 0 aromatic heterocycles. The van der Waals surface area contributed by atoms with Crippen LogP contribution in [0.25, 0.3) is 0 Å². The van der Waals surface area contributed by atoms with Crippen molar-refractivity contribution < 1.29 is 15.0 Å². The zero-order chi connectivity index (χ0) is 14.6. The molecule has 0 bridgehead atoms. The van der Waals surface area contributed by atoms with Crippen LogP contribution in [-0.4, -0.2) is 40.7 Å². The standard InChI is InChI=1S/C16H23NO3/c1-2-16(12-18)7-9-17(10-8-16)15(20)11-13-3-5-14(19)6-4-13/h3-6,18-19H,2,7-12H2,1H3. The SMILES string of the molecule is CCC1(CO)CCN(C(=O)Cc2ccc(O)cc2)CC1. The van der Waals surface area contributed by atoms with Crippen molar-refractivity contribution in [1.29, 1.82) is 0 Å². The molecule has 0 saturated carbocycles. The number of benzene rings is 1. The largest absolute Gasteiger partial charge is 0.508 e. The van der Waals surface area contributed by atoms with E-state index in [1.807, 2.05) is 4.90 Å². The minimum Gasteiger partial charge on any atom is -0.508 e. The van der Waals surface area contributed by atoms with Gasteiger partial charge in [-0.3, -0.25) is 4.79 Å². The Morgan fingerprint density at radius 1 is 1.25 bits per heavy atom. The summed E-state index contributed by atoms with van der Waals surface area (Å²) in [6.45, 7) is 3.77. The number of carbonyl (C=O) groups excluding carboxylic acids is 1. The predicted molar refractivity (Wildman–Crippen MR) is 77.4 cm³/mol. The maximum absolute atomic E-state index is 12.2. The van der Waals surface area contributed by atoms with Crippen molar-refractivity contribution in [2.24, 2.45) is 5.41 Å². The molecule has 4 heteroatoms. The number of likely N-dealkylation sites (tertiary alicyclic amines) is 1. The third-order valence-electron chi connectivity index (χ3n) is 4.55. The number of aliphatic hydroxyl groups is 1. The zero-order valence-corrected chi connectivity index (χ0v) is 12.0.